The maximum absolute atomic E-state index is 13.4. The first-order valence-corrected chi connectivity index (χ1v) is 10.3. The smallest absolute Gasteiger partial charge is 0.242 e. The molecule has 0 aliphatic heterocycles. The van der Waals surface area contributed by atoms with Gasteiger partial charge in [0, 0.05) is 20.0 Å². The number of nitrogens with zero attached hydrogens (tertiary/aromatic N) is 1. The fourth-order valence-electron chi connectivity index (χ4n) is 3.56. The second-order valence-corrected chi connectivity index (χ2v) is 7.36. The lowest BCUT2D eigenvalue weighted by molar-refractivity contribution is -0.140. The van der Waals surface area contributed by atoms with Gasteiger partial charge in [0.15, 0.2) is 0 Å². The molecule has 0 aromatic heterocycles. The van der Waals surface area contributed by atoms with Crippen molar-refractivity contribution in [2.45, 2.75) is 25.4 Å². The van der Waals surface area contributed by atoms with Crippen molar-refractivity contribution in [3.8, 4) is 5.75 Å². The van der Waals surface area contributed by atoms with Crippen LogP contribution in [0, 0.1) is 0 Å². The van der Waals surface area contributed by atoms with Crippen molar-refractivity contribution in [2.24, 2.45) is 0 Å². The van der Waals surface area contributed by atoms with E-state index >= 15 is 0 Å². The Morgan fingerprint density at radius 3 is 2.10 bits per heavy atom. The number of benzene rings is 3. The standard InChI is InChI=1S/C26H28N2O3/c1-27-26(30)24(17-20-10-5-3-6-11-20)28(19-22-14-9-15-23(16-22)31-2)25(29)18-21-12-7-4-8-13-21/h3-16,24H,17-19H2,1-2H3,(H,27,30)/t24-/m0/s1. The zero-order valence-corrected chi connectivity index (χ0v) is 18.0. The average molecular weight is 417 g/mol. The molecular formula is C26H28N2O3. The van der Waals surface area contributed by atoms with Crippen molar-refractivity contribution in [1.82, 2.24) is 10.2 Å². The Morgan fingerprint density at radius 1 is 0.871 bits per heavy atom. The van der Waals surface area contributed by atoms with E-state index in [0.717, 1.165) is 16.7 Å². The number of amides is 2. The van der Waals surface area contributed by atoms with E-state index in [2.05, 4.69) is 5.32 Å². The molecule has 0 aliphatic rings. The minimum absolute atomic E-state index is 0.0986. The summed E-state index contributed by atoms with van der Waals surface area (Å²) in [5.41, 5.74) is 2.82. The predicted molar refractivity (Wildman–Crippen MR) is 122 cm³/mol. The number of likely N-dealkylation sites (N-methyl/N-ethyl adjacent to an activating group) is 1. The van der Waals surface area contributed by atoms with E-state index in [1.54, 1.807) is 19.1 Å². The van der Waals surface area contributed by atoms with Gasteiger partial charge in [0.1, 0.15) is 11.8 Å². The number of carbonyl (C=O) groups is 2. The van der Waals surface area contributed by atoms with Crippen LogP contribution in [0.4, 0.5) is 0 Å². The van der Waals surface area contributed by atoms with Gasteiger partial charge in [0.05, 0.1) is 13.5 Å². The first kappa shape index (κ1) is 22.1. The molecule has 0 unspecified atom stereocenters. The summed E-state index contributed by atoms with van der Waals surface area (Å²) in [6.45, 7) is 0.313. The van der Waals surface area contributed by atoms with Gasteiger partial charge in [-0.15, -0.1) is 0 Å². The van der Waals surface area contributed by atoms with Crippen LogP contribution in [0.1, 0.15) is 16.7 Å². The first-order chi connectivity index (χ1) is 15.1. The average Bonchev–Trinajstić information content (AvgIpc) is 2.82. The molecule has 31 heavy (non-hydrogen) atoms. The van der Waals surface area contributed by atoms with Crippen molar-refractivity contribution in [2.75, 3.05) is 14.2 Å². The second-order valence-electron chi connectivity index (χ2n) is 7.36. The molecule has 0 saturated heterocycles. The number of nitrogens with one attached hydrogen (secondary N) is 1. The Labute approximate surface area is 183 Å². The van der Waals surface area contributed by atoms with Gasteiger partial charge in [-0.25, -0.2) is 0 Å². The van der Waals surface area contributed by atoms with Crippen LogP contribution in [0.25, 0.3) is 0 Å². The van der Waals surface area contributed by atoms with Gasteiger partial charge < -0.3 is 15.0 Å². The Hall–Kier alpha value is -3.60. The molecule has 2 amide bonds. The van der Waals surface area contributed by atoms with Gasteiger partial charge in [-0.05, 0) is 28.8 Å². The highest BCUT2D eigenvalue weighted by atomic mass is 16.5. The number of ether oxygens (including phenoxy) is 1. The number of methoxy groups -OCH3 is 1. The first-order valence-electron chi connectivity index (χ1n) is 10.3. The summed E-state index contributed by atoms with van der Waals surface area (Å²) in [7, 11) is 3.21. The third-order valence-corrected chi connectivity index (χ3v) is 5.20. The summed E-state index contributed by atoms with van der Waals surface area (Å²) in [6.07, 6.45) is 0.665. The van der Waals surface area contributed by atoms with Gasteiger partial charge in [-0.1, -0.05) is 72.8 Å². The molecule has 0 radical (unpaired) electrons. The molecule has 5 nitrogen and oxygen atoms in total. The highest BCUT2D eigenvalue weighted by Crippen LogP contribution is 2.19. The van der Waals surface area contributed by atoms with E-state index in [0.29, 0.717) is 18.7 Å². The Kier molecular flexibility index (Phi) is 7.82. The molecule has 0 saturated carbocycles. The molecule has 0 bridgehead atoms. The molecule has 160 valence electrons. The molecule has 1 atom stereocenters. The number of carbonyl (C=O) groups excluding carboxylic acids is 2. The van der Waals surface area contributed by atoms with Crippen LogP contribution in [-0.2, 0) is 29.0 Å². The molecule has 3 aromatic rings. The van der Waals surface area contributed by atoms with Crippen molar-refractivity contribution >= 4 is 11.8 Å². The Bertz CT molecular complexity index is 990. The van der Waals surface area contributed by atoms with E-state index in [1.165, 1.54) is 0 Å². The summed E-state index contributed by atoms with van der Waals surface area (Å²) in [4.78, 5) is 28.0. The lowest BCUT2D eigenvalue weighted by atomic mass is 10.0. The summed E-state index contributed by atoms with van der Waals surface area (Å²) < 4.78 is 5.33. The number of hydrogen-bond acceptors (Lipinski definition) is 3. The molecule has 0 fully saturated rings. The predicted octanol–water partition coefficient (Wildman–Crippen LogP) is 3.62. The summed E-state index contributed by atoms with van der Waals surface area (Å²) >= 11 is 0. The third kappa shape index (κ3) is 6.19. The molecular weight excluding hydrogens is 388 g/mol. The minimum atomic E-state index is -0.630. The van der Waals surface area contributed by atoms with E-state index in [-0.39, 0.29) is 18.2 Å². The lowest BCUT2D eigenvalue weighted by Gasteiger charge is -2.31. The van der Waals surface area contributed by atoms with Crippen molar-refractivity contribution in [3.05, 3.63) is 102 Å². The Balaban J connectivity index is 1.94. The van der Waals surface area contributed by atoms with Crippen molar-refractivity contribution in [3.63, 3.8) is 0 Å². The van der Waals surface area contributed by atoms with Crippen LogP contribution in [0.3, 0.4) is 0 Å². The molecule has 3 aromatic carbocycles. The maximum Gasteiger partial charge on any atom is 0.242 e. The zero-order chi connectivity index (χ0) is 22.1. The molecule has 5 heteroatoms. The molecule has 0 aliphatic carbocycles. The van der Waals surface area contributed by atoms with Crippen LogP contribution >= 0.6 is 0 Å². The second kappa shape index (κ2) is 11.0. The molecule has 0 heterocycles. The lowest BCUT2D eigenvalue weighted by Crippen LogP contribution is -2.50. The SMILES string of the molecule is CNC(=O)[C@H](Cc1ccccc1)N(Cc1cccc(OC)c1)C(=O)Cc1ccccc1. The van der Waals surface area contributed by atoms with E-state index in [9.17, 15) is 9.59 Å². The van der Waals surface area contributed by atoms with E-state index < -0.39 is 6.04 Å². The van der Waals surface area contributed by atoms with E-state index in [1.807, 2.05) is 84.9 Å². The Morgan fingerprint density at radius 2 is 1.48 bits per heavy atom. The normalized spacial score (nSPS) is 11.4. The van der Waals surface area contributed by atoms with Crippen LogP contribution in [-0.4, -0.2) is 36.9 Å². The summed E-state index contributed by atoms with van der Waals surface area (Å²) in [5.74, 6) is 0.430. The van der Waals surface area contributed by atoms with Crippen LogP contribution < -0.4 is 10.1 Å². The summed E-state index contributed by atoms with van der Waals surface area (Å²) in [6, 6.07) is 26.3. The third-order valence-electron chi connectivity index (χ3n) is 5.20. The number of hydrogen-bond donors (Lipinski definition) is 1. The van der Waals surface area contributed by atoms with Crippen LogP contribution in [0.2, 0.25) is 0 Å². The molecule has 1 N–H and O–H groups in total. The molecule has 3 rings (SSSR count). The van der Waals surface area contributed by atoms with Crippen LogP contribution in [0.15, 0.2) is 84.9 Å². The fraction of sp³-hybridized carbons (Fsp3) is 0.231. The summed E-state index contributed by atoms with van der Waals surface area (Å²) in [5, 5.41) is 2.74. The van der Waals surface area contributed by atoms with Gasteiger partial charge >= 0.3 is 0 Å². The van der Waals surface area contributed by atoms with Gasteiger partial charge in [0.2, 0.25) is 11.8 Å². The monoisotopic (exact) mass is 416 g/mol. The minimum Gasteiger partial charge on any atom is -0.497 e. The number of rotatable bonds is 9. The van der Waals surface area contributed by atoms with Crippen molar-refractivity contribution < 1.29 is 14.3 Å². The van der Waals surface area contributed by atoms with Gasteiger partial charge in [0.25, 0.3) is 0 Å². The van der Waals surface area contributed by atoms with Crippen LogP contribution in [0.5, 0.6) is 5.75 Å². The largest absolute Gasteiger partial charge is 0.497 e. The van der Waals surface area contributed by atoms with Crippen molar-refractivity contribution in [1.29, 1.82) is 0 Å². The quantitative estimate of drug-likeness (QED) is 0.580. The topological polar surface area (TPSA) is 58.6 Å². The highest BCUT2D eigenvalue weighted by molar-refractivity contribution is 5.88. The van der Waals surface area contributed by atoms with Gasteiger partial charge in [-0.3, -0.25) is 9.59 Å². The molecule has 0 spiro atoms. The van der Waals surface area contributed by atoms with Gasteiger partial charge in [-0.2, -0.15) is 0 Å². The van der Waals surface area contributed by atoms with E-state index in [4.69, 9.17) is 4.74 Å². The fourth-order valence-corrected chi connectivity index (χ4v) is 3.56. The zero-order valence-electron chi connectivity index (χ0n) is 18.0. The highest BCUT2D eigenvalue weighted by Gasteiger charge is 2.29. The maximum atomic E-state index is 13.4.